The quantitative estimate of drug-likeness (QED) is 0.780. The first-order chi connectivity index (χ1) is 11.7. The fourth-order valence-electron chi connectivity index (χ4n) is 2.67. The van der Waals surface area contributed by atoms with Gasteiger partial charge in [0.15, 0.2) is 17.3 Å². The Bertz CT molecular complexity index is 989. The molecular formula is C18H14O6. The highest BCUT2D eigenvalue weighted by Crippen LogP contribution is 2.37. The van der Waals surface area contributed by atoms with Gasteiger partial charge >= 0.3 is 0 Å². The van der Waals surface area contributed by atoms with Crippen LogP contribution in [0.15, 0.2) is 45.6 Å². The number of ether oxygens (including phenoxy) is 3. The zero-order chi connectivity index (χ0) is 16.7. The highest BCUT2D eigenvalue weighted by molar-refractivity contribution is 5.83. The molecule has 0 spiro atoms. The number of benzene rings is 2. The fourth-order valence-corrected chi connectivity index (χ4v) is 2.67. The van der Waals surface area contributed by atoms with Crippen LogP contribution in [0.4, 0.5) is 0 Å². The van der Waals surface area contributed by atoms with Gasteiger partial charge in [-0.3, -0.25) is 4.79 Å². The molecule has 122 valence electrons. The number of aromatic hydroxyl groups is 1. The molecule has 1 aliphatic rings. The average Bonchev–Trinajstić information content (AvgIpc) is 2.63. The summed E-state index contributed by atoms with van der Waals surface area (Å²) in [6, 6.07) is 9.92. The van der Waals surface area contributed by atoms with E-state index in [0.29, 0.717) is 41.6 Å². The third-order valence-electron chi connectivity index (χ3n) is 3.88. The topological polar surface area (TPSA) is 78.1 Å². The summed E-state index contributed by atoms with van der Waals surface area (Å²) in [5, 5.41) is 10.6. The van der Waals surface area contributed by atoms with Crippen LogP contribution in [-0.4, -0.2) is 25.4 Å². The minimum Gasteiger partial charge on any atom is -0.502 e. The van der Waals surface area contributed by atoms with Crippen LogP contribution >= 0.6 is 0 Å². The number of methoxy groups -OCH3 is 1. The van der Waals surface area contributed by atoms with Crippen molar-refractivity contribution < 1.29 is 23.7 Å². The molecule has 0 saturated carbocycles. The van der Waals surface area contributed by atoms with E-state index in [1.165, 1.54) is 7.11 Å². The molecule has 2 aromatic carbocycles. The molecule has 0 aliphatic carbocycles. The van der Waals surface area contributed by atoms with Crippen molar-refractivity contribution in [2.45, 2.75) is 0 Å². The Kier molecular flexibility index (Phi) is 3.30. The summed E-state index contributed by atoms with van der Waals surface area (Å²) in [6.07, 6.45) is 0. The Morgan fingerprint density at radius 2 is 1.83 bits per heavy atom. The van der Waals surface area contributed by atoms with Crippen LogP contribution in [0.2, 0.25) is 0 Å². The molecule has 0 bridgehead atoms. The molecule has 4 rings (SSSR count). The van der Waals surface area contributed by atoms with Gasteiger partial charge < -0.3 is 23.7 Å². The Morgan fingerprint density at radius 1 is 1.04 bits per heavy atom. The van der Waals surface area contributed by atoms with Gasteiger partial charge in [0.05, 0.1) is 12.5 Å². The SMILES string of the molecule is COc1ccc2c(=O)c(O)c(-c3ccc4c(c3)OCCO4)oc2c1. The molecule has 0 unspecified atom stereocenters. The van der Waals surface area contributed by atoms with Crippen LogP contribution in [0.25, 0.3) is 22.3 Å². The number of fused-ring (bicyclic) bond motifs is 2. The van der Waals surface area contributed by atoms with Gasteiger partial charge in [0.25, 0.3) is 0 Å². The van der Waals surface area contributed by atoms with Gasteiger partial charge in [-0.05, 0) is 30.3 Å². The van der Waals surface area contributed by atoms with Crippen molar-refractivity contribution in [3.63, 3.8) is 0 Å². The summed E-state index contributed by atoms with van der Waals surface area (Å²) < 4.78 is 21.9. The zero-order valence-electron chi connectivity index (χ0n) is 12.9. The summed E-state index contributed by atoms with van der Waals surface area (Å²) in [4.78, 5) is 12.4. The first-order valence-electron chi connectivity index (χ1n) is 7.41. The summed E-state index contributed by atoms with van der Waals surface area (Å²) in [6.45, 7) is 0.934. The van der Waals surface area contributed by atoms with E-state index in [-0.39, 0.29) is 11.1 Å². The molecule has 1 aromatic heterocycles. The maximum Gasteiger partial charge on any atom is 0.235 e. The van der Waals surface area contributed by atoms with Gasteiger partial charge in [0.1, 0.15) is 24.5 Å². The molecule has 24 heavy (non-hydrogen) atoms. The fraction of sp³-hybridized carbons (Fsp3) is 0.167. The summed E-state index contributed by atoms with van der Waals surface area (Å²) in [5.74, 6) is 1.37. The van der Waals surface area contributed by atoms with E-state index in [2.05, 4.69) is 0 Å². The van der Waals surface area contributed by atoms with Crippen molar-refractivity contribution in [2.75, 3.05) is 20.3 Å². The van der Waals surface area contributed by atoms with Gasteiger partial charge in [-0.1, -0.05) is 0 Å². The molecule has 0 fully saturated rings. The smallest absolute Gasteiger partial charge is 0.235 e. The minimum atomic E-state index is -0.496. The molecule has 0 saturated heterocycles. The van der Waals surface area contributed by atoms with E-state index in [0.717, 1.165) is 0 Å². The van der Waals surface area contributed by atoms with E-state index in [4.69, 9.17) is 18.6 Å². The maximum atomic E-state index is 12.4. The third-order valence-corrected chi connectivity index (χ3v) is 3.88. The molecule has 0 amide bonds. The van der Waals surface area contributed by atoms with Crippen molar-refractivity contribution in [3.8, 4) is 34.3 Å². The van der Waals surface area contributed by atoms with Crippen LogP contribution in [0.1, 0.15) is 0 Å². The van der Waals surface area contributed by atoms with E-state index >= 15 is 0 Å². The lowest BCUT2D eigenvalue weighted by Gasteiger charge is -2.18. The molecule has 6 heteroatoms. The van der Waals surface area contributed by atoms with E-state index in [1.54, 1.807) is 36.4 Å². The first-order valence-corrected chi connectivity index (χ1v) is 7.41. The van der Waals surface area contributed by atoms with E-state index in [9.17, 15) is 9.90 Å². The van der Waals surface area contributed by atoms with Crippen molar-refractivity contribution >= 4 is 11.0 Å². The van der Waals surface area contributed by atoms with Crippen LogP contribution in [0.5, 0.6) is 23.0 Å². The largest absolute Gasteiger partial charge is 0.502 e. The van der Waals surface area contributed by atoms with Crippen molar-refractivity contribution in [1.82, 2.24) is 0 Å². The predicted octanol–water partition coefficient (Wildman–Crippen LogP) is 2.95. The number of hydrogen-bond acceptors (Lipinski definition) is 6. The van der Waals surface area contributed by atoms with Gasteiger partial charge in [-0.2, -0.15) is 0 Å². The van der Waals surface area contributed by atoms with Crippen LogP contribution in [-0.2, 0) is 0 Å². The van der Waals surface area contributed by atoms with Gasteiger partial charge in [0.2, 0.25) is 11.2 Å². The Hall–Kier alpha value is -3.15. The summed E-state index contributed by atoms with van der Waals surface area (Å²) >= 11 is 0. The highest BCUT2D eigenvalue weighted by Gasteiger charge is 2.19. The molecule has 0 atom stereocenters. The van der Waals surface area contributed by atoms with Crippen LogP contribution in [0, 0.1) is 0 Å². The van der Waals surface area contributed by atoms with Gasteiger partial charge in [-0.25, -0.2) is 0 Å². The van der Waals surface area contributed by atoms with Crippen molar-refractivity contribution in [2.24, 2.45) is 0 Å². The molecular weight excluding hydrogens is 312 g/mol. The third kappa shape index (κ3) is 2.23. The first kappa shape index (κ1) is 14.4. The maximum absolute atomic E-state index is 12.4. The Labute approximate surface area is 136 Å². The van der Waals surface area contributed by atoms with Crippen LogP contribution in [0.3, 0.4) is 0 Å². The lowest BCUT2D eigenvalue weighted by Crippen LogP contribution is -2.15. The second kappa shape index (κ2) is 5.49. The molecule has 0 radical (unpaired) electrons. The van der Waals surface area contributed by atoms with Gasteiger partial charge in [-0.15, -0.1) is 0 Å². The zero-order valence-corrected chi connectivity index (χ0v) is 12.9. The van der Waals surface area contributed by atoms with E-state index in [1.807, 2.05) is 0 Å². The lowest BCUT2D eigenvalue weighted by atomic mass is 10.1. The summed E-state index contributed by atoms with van der Waals surface area (Å²) in [5.41, 5.74) is 0.365. The summed E-state index contributed by atoms with van der Waals surface area (Å²) in [7, 11) is 1.53. The normalized spacial score (nSPS) is 13.0. The Morgan fingerprint density at radius 3 is 2.62 bits per heavy atom. The number of hydrogen-bond donors (Lipinski definition) is 1. The Balaban J connectivity index is 1.93. The highest BCUT2D eigenvalue weighted by atomic mass is 16.6. The molecule has 6 nitrogen and oxygen atoms in total. The second-order valence-electron chi connectivity index (χ2n) is 5.33. The van der Waals surface area contributed by atoms with Gasteiger partial charge in [0, 0.05) is 11.6 Å². The minimum absolute atomic E-state index is 0.0812. The average molecular weight is 326 g/mol. The standard InChI is InChI=1S/C18H14O6/c1-21-11-3-4-12-14(9-11)24-18(17(20)16(12)19)10-2-5-13-15(8-10)23-7-6-22-13/h2-5,8-9,20H,6-7H2,1H3. The second-order valence-corrected chi connectivity index (χ2v) is 5.33. The molecule has 1 aliphatic heterocycles. The molecule has 2 heterocycles. The predicted molar refractivity (Wildman–Crippen MR) is 87.1 cm³/mol. The molecule has 1 N–H and O–H groups in total. The number of rotatable bonds is 2. The van der Waals surface area contributed by atoms with Crippen molar-refractivity contribution in [3.05, 3.63) is 46.6 Å². The lowest BCUT2D eigenvalue weighted by molar-refractivity contribution is 0.171. The van der Waals surface area contributed by atoms with E-state index < -0.39 is 11.2 Å². The van der Waals surface area contributed by atoms with Crippen molar-refractivity contribution in [1.29, 1.82) is 0 Å². The molecule has 3 aromatic rings. The van der Waals surface area contributed by atoms with Crippen LogP contribution < -0.4 is 19.6 Å². The monoisotopic (exact) mass is 326 g/mol.